The van der Waals surface area contributed by atoms with Gasteiger partial charge in [-0.3, -0.25) is 9.29 Å². The number of hydrogen-bond donors (Lipinski definition) is 2. The molecule has 2 aliphatic rings. The molecule has 1 fully saturated rings. The second-order valence-electron chi connectivity index (χ2n) is 9.33. The van der Waals surface area contributed by atoms with Crippen LogP contribution in [0.1, 0.15) is 35.8 Å². The lowest BCUT2D eigenvalue weighted by molar-refractivity contribution is 0.165. The van der Waals surface area contributed by atoms with E-state index in [1.54, 1.807) is 42.1 Å². The van der Waals surface area contributed by atoms with E-state index < -0.39 is 0 Å². The number of thioether (sulfide) groups is 1. The number of nitrogens with zero attached hydrogens (tertiary/aromatic N) is 1. The highest BCUT2D eigenvalue weighted by molar-refractivity contribution is 7.99. The number of rotatable bonds is 7. The minimum Gasteiger partial charge on any atom is -0.508 e. The van der Waals surface area contributed by atoms with Gasteiger partial charge in [-0.2, -0.15) is 0 Å². The minimum absolute atomic E-state index is 0.0599. The molecule has 2 aliphatic heterocycles. The molecule has 35 heavy (non-hydrogen) atoms. The van der Waals surface area contributed by atoms with Crippen LogP contribution < -0.4 is 9.47 Å². The van der Waals surface area contributed by atoms with E-state index in [2.05, 4.69) is 11.8 Å². The van der Waals surface area contributed by atoms with E-state index >= 15 is 0 Å². The van der Waals surface area contributed by atoms with Crippen LogP contribution in [0.4, 0.5) is 4.39 Å². The second kappa shape index (κ2) is 10.4. The highest BCUT2D eigenvalue weighted by atomic mass is 32.2. The lowest BCUT2D eigenvalue weighted by Crippen LogP contribution is -2.35. The third-order valence-corrected chi connectivity index (χ3v) is 8.14. The molecular weight excluding hydrogens is 465 g/mol. The molecule has 3 aromatic rings. The van der Waals surface area contributed by atoms with Crippen molar-refractivity contribution in [3.8, 4) is 23.0 Å². The molecule has 2 heterocycles. The smallest absolute Gasteiger partial charge is 0.140 e. The van der Waals surface area contributed by atoms with Gasteiger partial charge < -0.3 is 19.7 Å². The summed E-state index contributed by atoms with van der Waals surface area (Å²) in [7, 11) is 0. The van der Waals surface area contributed by atoms with Gasteiger partial charge in [0.1, 0.15) is 35.7 Å². The van der Waals surface area contributed by atoms with Crippen molar-refractivity contribution in [2.75, 3.05) is 26.4 Å². The van der Waals surface area contributed by atoms with Crippen LogP contribution in [0.15, 0.2) is 71.6 Å². The third kappa shape index (κ3) is 5.36. The van der Waals surface area contributed by atoms with Gasteiger partial charge in [0, 0.05) is 18.5 Å². The lowest BCUT2D eigenvalue weighted by atomic mass is 10.00. The largest absolute Gasteiger partial charge is 0.508 e. The summed E-state index contributed by atoms with van der Waals surface area (Å²) >= 11 is 1.64. The summed E-state index contributed by atoms with van der Waals surface area (Å²) in [5, 5.41) is 19.6. The van der Waals surface area contributed by atoms with Crippen molar-refractivity contribution in [2.24, 2.45) is 5.92 Å². The van der Waals surface area contributed by atoms with Gasteiger partial charge in [0.15, 0.2) is 0 Å². The number of likely N-dealkylation sites (tertiary alicyclic amines) is 1. The molecule has 5 rings (SSSR count). The van der Waals surface area contributed by atoms with E-state index in [1.807, 2.05) is 36.4 Å². The van der Waals surface area contributed by atoms with Crippen molar-refractivity contribution < 1.29 is 24.1 Å². The number of phenolic OH excluding ortho intramolecular Hbond substituents is 2. The van der Waals surface area contributed by atoms with Gasteiger partial charge in [-0.1, -0.05) is 24.3 Å². The molecule has 5 nitrogen and oxygen atoms in total. The molecule has 2 N–H and O–H groups in total. The summed E-state index contributed by atoms with van der Waals surface area (Å²) in [6.07, 6.45) is 0.664. The second-order valence-corrected chi connectivity index (χ2v) is 10.5. The number of hydrogen-bond acceptors (Lipinski definition) is 6. The lowest BCUT2D eigenvalue weighted by Gasteiger charge is -2.34. The Bertz CT molecular complexity index is 1140. The standard InChI is InChI=1S/C28H30FNO4S/c1-18(30-13-12-19(15-29)16-30)17-33-24-9-4-20(5-10-24)27-28(21-2-6-22(31)7-3-21)35-26-14-23(32)8-11-25(26)34-27/h2-11,14,18-19,27-28,31-32H,12-13,15-17H2,1H3. The summed E-state index contributed by atoms with van der Waals surface area (Å²) in [6.45, 7) is 4.16. The fourth-order valence-corrected chi connectivity index (χ4v) is 6.02. The van der Waals surface area contributed by atoms with Crippen LogP contribution in [0.3, 0.4) is 0 Å². The fraction of sp³-hybridized carbons (Fsp3) is 0.357. The molecule has 7 heteroatoms. The van der Waals surface area contributed by atoms with Crippen LogP contribution in [0.5, 0.6) is 23.0 Å². The maximum atomic E-state index is 12.9. The first-order valence-corrected chi connectivity index (χ1v) is 12.9. The van der Waals surface area contributed by atoms with Crippen LogP contribution >= 0.6 is 11.8 Å². The SMILES string of the molecule is CC(COc1ccc(C2Oc3ccc(O)cc3SC2c2ccc(O)cc2)cc1)N1CCC(CF)C1. The van der Waals surface area contributed by atoms with Crippen molar-refractivity contribution in [1.82, 2.24) is 4.90 Å². The highest BCUT2D eigenvalue weighted by Crippen LogP contribution is 2.54. The van der Waals surface area contributed by atoms with Crippen molar-refractivity contribution in [1.29, 1.82) is 0 Å². The van der Waals surface area contributed by atoms with E-state index in [4.69, 9.17) is 9.47 Å². The molecule has 0 bridgehead atoms. The summed E-state index contributed by atoms with van der Waals surface area (Å²) in [4.78, 5) is 3.17. The molecule has 0 saturated carbocycles. The number of phenols is 2. The van der Waals surface area contributed by atoms with E-state index in [1.165, 1.54) is 0 Å². The zero-order valence-corrected chi connectivity index (χ0v) is 20.5. The Hall–Kier alpha value is -2.90. The average Bonchev–Trinajstić information content (AvgIpc) is 3.37. The molecule has 4 unspecified atom stereocenters. The van der Waals surface area contributed by atoms with Gasteiger partial charge in [0.05, 0.1) is 16.8 Å². The highest BCUT2D eigenvalue weighted by Gasteiger charge is 2.34. The first kappa shape index (κ1) is 23.8. The number of benzene rings is 3. The Morgan fingerprint density at radius 3 is 2.46 bits per heavy atom. The van der Waals surface area contributed by atoms with E-state index in [0.717, 1.165) is 47.0 Å². The quantitative estimate of drug-likeness (QED) is 0.412. The van der Waals surface area contributed by atoms with Gasteiger partial charge >= 0.3 is 0 Å². The topological polar surface area (TPSA) is 62.2 Å². The number of ether oxygens (including phenoxy) is 2. The van der Waals surface area contributed by atoms with Gasteiger partial charge in [-0.25, -0.2) is 0 Å². The molecule has 184 valence electrons. The summed E-state index contributed by atoms with van der Waals surface area (Å²) < 4.78 is 25.4. The molecule has 1 saturated heterocycles. The van der Waals surface area contributed by atoms with Gasteiger partial charge in [-0.05, 0) is 73.5 Å². The zero-order valence-electron chi connectivity index (χ0n) is 19.6. The number of alkyl halides is 1. The van der Waals surface area contributed by atoms with Crippen LogP contribution in [0.25, 0.3) is 0 Å². The Morgan fingerprint density at radius 2 is 1.74 bits per heavy atom. The van der Waals surface area contributed by atoms with Crippen LogP contribution in [0, 0.1) is 5.92 Å². The average molecular weight is 496 g/mol. The fourth-order valence-electron chi connectivity index (χ4n) is 4.70. The molecule has 0 amide bonds. The minimum atomic E-state index is -0.253. The summed E-state index contributed by atoms with van der Waals surface area (Å²) in [5.74, 6) is 2.10. The Balaban J connectivity index is 1.31. The molecule has 4 atom stereocenters. The van der Waals surface area contributed by atoms with Crippen LogP contribution in [-0.4, -0.2) is 47.5 Å². The number of fused-ring (bicyclic) bond motifs is 1. The van der Waals surface area contributed by atoms with Crippen molar-refractivity contribution in [2.45, 2.75) is 35.6 Å². The molecule has 3 aromatic carbocycles. The number of halogens is 1. The molecule has 0 spiro atoms. The monoisotopic (exact) mass is 495 g/mol. The zero-order chi connectivity index (χ0) is 24.4. The molecule has 0 aromatic heterocycles. The summed E-state index contributed by atoms with van der Waals surface area (Å²) in [5.41, 5.74) is 2.04. The van der Waals surface area contributed by atoms with Crippen molar-refractivity contribution >= 4 is 11.8 Å². The maximum Gasteiger partial charge on any atom is 0.140 e. The van der Waals surface area contributed by atoms with E-state index in [-0.39, 0.29) is 41.5 Å². The van der Waals surface area contributed by atoms with E-state index in [9.17, 15) is 14.6 Å². The van der Waals surface area contributed by atoms with Crippen LogP contribution in [0.2, 0.25) is 0 Å². The first-order valence-electron chi connectivity index (χ1n) is 12.0. The maximum absolute atomic E-state index is 12.9. The predicted octanol–water partition coefficient (Wildman–Crippen LogP) is 6.12. The Kier molecular flexibility index (Phi) is 7.07. The third-order valence-electron chi connectivity index (χ3n) is 6.79. The van der Waals surface area contributed by atoms with E-state index in [0.29, 0.717) is 6.61 Å². The molecular formula is C28H30FNO4S. The molecule has 0 aliphatic carbocycles. The molecule has 0 radical (unpaired) electrons. The van der Waals surface area contributed by atoms with Gasteiger partial charge in [0.2, 0.25) is 0 Å². The Labute approximate surface area is 209 Å². The first-order chi connectivity index (χ1) is 17.0. The van der Waals surface area contributed by atoms with Crippen molar-refractivity contribution in [3.63, 3.8) is 0 Å². The van der Waals surface area contributed by atoms with Crippen molar-refractivity contribution in [3.05, 3.63) is 77.9 Å². The van der Waals surface area contributed by atoms with Crippen LogP contribution in [-0.2, 0) is 0 Å². The Morgan fingerprint density at radius 1 is 1.03 bits per heavy atom. The summed E-state index contributed by atoms with van der Waals surface area (Å²) in [6, 6.07) is 20.5. The number of aromatic hydroxyl groups is 2. The predicted molar refractivity (Wildman–Crippen MR) is 135 cm³/mol. The normalized spacial score (nSPS) is 22.9. The van der Waals surface area contributed by atoms with Gasteiger partial charge in [0.25, 0.3) is 0 Å². The van der Waals surface area contributed by atoms with Gasteiger partial charge in [-0.15, -0.1) is 11.8 Å².